The average molecular weight is 344 g/mol. The highest BCUT2D eigenvalue weighted by Crippen LogP contribution is 2.23. The van der Waals surface area contributed by atoms with Gasteiger partial charge < -0.3 is 5.73 Å². The van der Waals surface area contributed by atoms with E-state index in [1.54, 1.807) is 30.3 Å². The lowest BCUT2D eigenvalue weighted by Gasteiger charge is -2.07. The molecule has 0 bridgehead atoms. The summed E-state index contributed by atoms with van der Waals surface area (Å²) in [6, 6.07) is 11.0. The van der Waals surface area contributed by atoms with Gasteiger partial charge in [-0.25, -0.2) is 8.42 Å². The van der Waals surface area contributed by atoms with E-state index in [1.165, 1.54) is 12.1 Å². The number of benzene rings is 2. The summed E-state index contributed by atoms with van der Waals surface area (Å²) in [5, 5.41) is 0.505. The Balaban J connectivity index is 2.23. The van der Waals surface area contributed by atoms with Crippen LogP contribution >= 0.6 is 11.6 Å². The van der Waals surface area contributed by atoms with E-state index in [4.69, 9.17) is 17.3 Å². The quantitative estimate of drug-likeness (QED) is 0.866. The second-order valence-corrected chi connectivity index (χ2v) is 8.46. The summed E-state index contributed by atoms with van der Waals surface area (Å²) < 4.78 is 35.1. The van der Waals surface area contributed by atoms with Crippen LogP contribution in [0.25, 0.3) is 0 Å². The Labute approximate surface area is 131 Å². The molecule has 0 radical (unpaired) electrons. The van der Waals surface area contributed by atoms with Gasteiger partial charge in [0.25, 0.3) is 0 Å². The highest BCUT2D eigenvalue weighted by atomic mass is 35.5. The maximum Gasteiger partial charge on any atom is 0.175 e. The fourth-order valence-electron chi connectivity index (χ4n) is 1.77. The fraction of sp³-hybridized carbons (Fsp3) is 0.143. The Morgan fingerprint density at radius 2 is 1.76 bits per heavy atom. The van der Waals surface area contributed by atoms with Crippen molar-refractivity contribution in [2.75, 3.05) is 12.0 Å². The van der Waals surface area contributed by atoms with Gasteiger partial charge >= 0.3 is 0 Å². The molecule has 0 aliphatic heterocycles. The average Bonchev–Trinajstić information content (AvgIpc) is 2.42. The minimum atomic E-state index is -3.25. The smallest absolute Gasteiger partial charge is 0.175 e. The van der Waals surface area contributed by atoms with E-state index in [1.807, 2.05) is 0 Å². The molecule has 1 unspecified atom stereocenters. The number of halogens is 1. The van der Waals surface area contributed by atoms with Gasteiger partial charge in [0.2, 0.25) is 0 Å². The van der Waals surface area contributed by atoms with Crippen molar-refractivity contribution in [1.82, 2.24) is 0 Å². The number of hydrogen-bond donors (Lipinski definition) is 1. The predicted octanol–water partition coefficient (Wildman–Crippen LogP) is 2.63. The zero-order valence-electron chi connectivity index (χ0n) is 11.2. The third-order valence-corrected chi connectivity index (χ3v) is 5.74. The zero-order chi connectivity index (χ0) is 15.6. The molecule has 0 heterocycles. The van der Waals surface area contributed by atoms with Crippen LogP contribution in [0.1, 0.15) is 5.56 Å². The standard InChI is InChI=1S/C14H14ClNO3S2/c1-21(18,19)13-5-3-12(4-6-13)20(17)9-10-8-11(16)2-7-14(10)15/h2-8H,9,16H2,1H3. The maximum atomic E-state index is 12.3. The van der Waals surface area contributed by atoms with Gasteiger partial charge in [-0.15, -0.1) is 0 Å². The number of rotatable bonds is 4. The molecule has 0 saturated heterocycles. The normalized spacial score (nSPS) is 13.0. The fourth-order valence-corrected chi connectivity index (χ4v) is 3.79. The third kappa shape index (κ3) is 4.06. The summed E-state index contributed by atoms with van der Waals surface area (Å²) >= 11 is 6.04. The van der Waals surface area contributed by atoms with Crippen LogP contribution in [0.2, 0.25) is 5.02 Å². The summed E-state index contributed by atoms with van der Waals surface area (Å²) in [5.41, 5.74) is 6.94. The number of nitrogens with two attached hydrogens (primary N) is 1. The van der Waals surface area contributed by atoms with Crippen LogP contribution in [0, 0.1) is 0 Å². The SMILES string of the molecule is CS(=O)(=O)c1ccc(S(=O)Cc2cc(N)ccc2Cl)cc1. The Kier molecular flexibility index (Phi) is 4.70. The van der Waals surface area contributed by atoms with Gasteiger partial charge in [-0.3, -0.25) is 4.21 Å². The van der Waals surface area contributed by atoms with E-state index in [0.29, 0.717) is 21.2 Å². The monoisotopic (exact) mass is 343 g/mol. The van der Waals surface area contributed by atoms with E-state index >= 15 is 0 Å². The van der Waals surface area contributed by atoms with Crippen molar-refractivity contribution in [3.8, 4) is 0 Å². The van der Waals surface area contributed by atoms with Crippen molar-refractivity contribution in [2.45, 2.75) is 15.5 Å². The van der Waals surface area contributed by atoms with Crippen LogP contribution in [-0.2, 0) is 26.4 Å². The molecule has 0 aromatic heterocycles. The van der Waals surface area contributed by atoms with E-state index < -0.39 is 20.6 Å². The van der Waals surface area contributed by atoms with Gasteiger partial charge in [-0.1, -0.05) is 11.6 Å². The van der Waals surface area contributed by atoms with E-state index in [2.05, 4.69) is 0 Å². The van der Waals surface area contributed by atoms with E-state index in [0.717, 1.165) is 6.26 Å². The molecule has 0 aliphatic rings. The molecular formula is C14H14ClNO3S2. The third-order valence-electron chi connectivity index (χ3n) is 2.87. The Morgan fingerprint density at radius 1 is 1.14 bits per heavy atom. The molecule has 0 fully saturated rings. The summed E-state index contributed by atoms with van der Waals surface area (Å²) in [6.07, 6.45) is 1.13. The molecule has 21 heavy (non-hydrogen) atoms. The highest BCUT2D eigenvalue weighted by Gasteiger charge is 2.11. The lowest BCUT2D eigenvalue weighted by atomic mass is 10.2. The first kappa shape index (κ1) is 16.0. The zero-order valence-corrected chi connectivity index (χ0v) is 13.6. The predicted molar refractivity (Wildman–Crippen MR) is 85.5 cm³/mol. The van der Waals surface area contributed by atoms with E-state index in [9.17, 15) is 12.6 Å². The van der Waals surface area contributed by atoms with Crippen molar-refractivity contribution in [2.24, 2.45) is 0 Å². The number of hydrogen-bond acceptors (Lipinski definition) is 4. The molecule has 1 atom stereocenters. The van der Waals surface area contributed by atoms with Gasteiger partial charge in [0.1, 0.15) is 0 Å². The summed E-state index contributed by atoms with van der Waals surface area (Å²) in [4.78, 5) is 0.742. The minimum absolute atomic E-state index is 0.199. The Morgan fingerprint density at radius 3 is 2.33 bits per heavy atom. The van der Waals surface area contributed by atoms with Crippen LogP contribution < -0.4 is 5.73 Å². The molecule has 2 N–H and O–H groups in total. The van der Waals surface area contributed by atoms with Crippen molar-refractivity contribution >= 4 is 37.9 Å². The largest absolute Gasteiger partial charge is 0.399 e. The first-order chi connectivity index (χ1) is 9.77. The van der Waals surface area contributed by atoms with Crippen LogP contribution in [0.15, 0.2) is 52.3 Å². The number of sulfone groups is 1. The Bertz CT molecular complexity index is 786. The van der Waals surface area contributed by atoms with Gasteiger partial charge in [0.05, 0.1) is 21.4 Å². The first-order valence-corrected chi connectivity index (χ1v) is 9.58. The summed E-state index contributed by atoms with van der Waals surface area (Å²) in [5.74, 6) is 0.224. The number of nitrogen functional groups attached to an aromatic ring is 1. The first-order valence-electron chi connectivity index (χ1n) is 6.00. The van der Waals surface area contributed by atoms with Crippen LogP contribution in [-0.4, -0.2) is 18.9 Å². The molecule has 4 nitrogen and oxygen atoms in total. The lowest BCUT2D eigenvalue weighted by molar-refractivity contribution is 0.601. The number of anilines is 1. The molecule has 0 spiro atoms. The lowest BCUT2D eigenvalue weighted by Crippen LogP contribution is -2.00. The van der Waals surface area contributed by atoms with Gasteiger partial charge in [0, 0.05) is 21.9 Å². The van der Waals surface area contributed by atoms with Crippen molar-refractivity contribution in [1.29, 1.82) is 0 Å². The molecule has 0 amide bonds. The van der Waals surface area contributed by atoms with Crippen molar-refractivity contribution in [3.63, 3.8) is 0 Å². The molecule has 2 aromatic carbocycles. The molecule has 2 rings (SSSR count). The molecule has 0 saturated carbocycles. The molecule has 2 aromatic rings. The summed E-state index contributed by atoms with van der Waals surface area (Å²) in [7, 11) is -4.58. The van der Waals surface area contributed by atoms with Crippen LogP contribution in [0.5, 0.6) is 0 Å². The second kappa shape index (κ2) is 6.17. The molecule has 7 heteroatoms. The van der Waals surface area contributed by atoms with E-state index in [-0.39, 0.29) is 10.6 Å². The maximum absolute atomic E-state index is 12.3. The van der Waals surface area contributed by atoms with Gasteiger partial charge in [-0.2, -0.15) is 0 Å². The summed E-state index contributed by atoms with van der Waals surface area (Å²) in [6.45, 7) is 0. The molecular weight excluding hydrogens is 330 g/mol. The van der Waals surface area contributed by atoms with Crippen LogP contribution in [0.4, 0.5) is 5.69 Å². The van der Waals surface area contributed by atoms with Crippen molar-refractivity contribution in [3.05, 3.63) is 53.1 Å². The second-order valence-electron chi connectivity index (χ2n) is 4.58. The van der Waals surface area contributed by atoms with Crippen molar-refractivity contribution < 1.29 is 12.6 Å². The van der Waals surface area contributed by atoms with Crippen LogP contribution in [0.3, 0.4) is 0 Å². The molecule has 0 aliphatic carbocycles. The van der Waals surface area contributed by atoms with Gasteiger partial charge in [0.15, 0.2) is 9.84 Å². The topological polar surface area (TPSA) is 77.2 Å². The van der Waals surface area contributed by atoms with Gasteiger partial charge in [-0.05, 0) is 48.0 Å². The highest BCUT2D eigenvalue weighted by molar-refractivity contribution is 7.90. The molecule has 112 valence electrons. The Hall–Kier alpha value is -1.37. The minimum Gasteiger partial charge on any atom is -0.399 e.